The zero-order chi connectivity index (χ0) is 13.7. The summed E-state index contributed by atoms with van der Waals surface area (Å²) in [6.07, 6.45) is 2.94. The van der Waals surface area contributed by atoms with E-state index in [0.717, 1.165) is 0 Å². The van der Waals surface area contributed by atoms with Crippen molar-refractivity contribution in [2.24, 2.45) is 5.92 Å². The van der Waals surface area contributed by atoms with Crippen LogP contribution in [0.15, 0.2) is 18.5 Å². The minimum absolute atomic E-state index is 0.139. The Morgan fingerprint density at radius 2 is 2.22 bits per heavy atom. The topological polar surface area (TPSA) is 79.7 Å². The first kappa shape index (κ1) is 14.0. The predicted octanol–water partition coefficient (Wildman–Crippen LogP) is 0.883. The summed E-state index contributed by atoms with van der Waals surface area (Å²) in [5.74, 6) is -1.47. The lowest BCUT2D eigenvalue weighted by Gasteiger charge is -2.20. The molecule has 0 aliphatic carbocycles. The second kappa shape index (κ2) is 6.00. The van der Waals surface area contributed by atoms with Gasteiger partial charge in [-0.25, -0.2) is 0 Å². The molecule has 6 nitrogen and oxygen atoms in total. The number of pyridine rings is 1. The highest BCUT2D eigenvalue weighted by Crippen LogP contribution is 2.17. The van der Waals surface area contributed by atoms with Gasteiger partial charge in [-0.15, -0.1) is 0 Å². The molecule has 0 bridgehead atoms. The van der Waals surface area contributed by atoms with Crippen molar-refractivity contribution < 1.29 is 19.4 Å². The van der Waals surface area contributed by atoms with Crippen LogP contribution in [0.25, 0.3) is 0 Å². The molecule has 0 spiro atoms. The fourth-order valence-electron chi connectivity index (χ4n) is 1.50. The van der Waals surface area contributed by atoms with Crippen molar-refractivity contribution in [1.82, 2.24) is 9.88 Å². The summed E-state index contributed by atoms with van der Waals surface area (Å²) in [6.45, 7) is 1.69. The molecular formula is C12H16N2O4. The highest BCUT2D eigenvalue weighted by Gasteiger charge is 2.20. The molecule has 6 heteroatoms. The zero-order valence-corrected chi connectivity index (χ0v) is 10.6. The van der Waals surface area contributed by atoms with Crippen LogP contribution in [0.3, 0.4) is 0 Å². The van der Waals surface area contributed by atoms with Crippen molar-refractivity contribution in [3.8, 4) is 5.75 Å². The van der Waals surface area contributed by atoms with Gasteiger partial charge in [-0.05, 0) is 6.07 Å². The largest absolute Gasteiger partial charge is 0.494 e. The summed E-state index contributed by atoms with van der Waals surface area (Å²) in [6, 6.07) is 1.54. The first-order valence-electron chi connectivity index (χ1n) is 5.43. The predicted molar refractivity (Wildman–Crippen MR) is 64.5 cm³/mol. The average molecular weight is 252 g/mol. The quantitative estimate of drug-likeness (QED) is 0.841. The van der Waals surface area contributed by atoms with Crippen LogP contribution in [0, 0.1) is 5.92 Å². The number of carbonyl (C=O) groups excluding carboxylic acids is 1. The fourth-order valence-corrected chi connectivity index (χ4v) is 1.50. The summed E-state index contributed by atoms with van der Waals surface area (Å²) < 4.78 is 5.04. The molecule has 0 aromatic carbocycles. The van der Waals surface area contributed by atoms with E-state index >= 15 is 0 Å². The Morgan fingerprint density at radius 1 is 1.56 bits per heavy atom. The second-order valence-corrected chi connectivity index (χ2v) is 4.00. The number of amides is 1. The van der Waals surface area contributed by atoms with E-state index in [0.29, 0.717) is 11.3 Å². The van der Waals surface area contributed by atoms with Crippen LogP contribution in [0.4, 0.5) is 0 Å². The number of methoxy groups -OCH3 is 1. The minimum atomic E-state index is -0.934. The van der Waals surface area contributed by atoms with E-state index in [1.165, 1.54) is 24.4 Å². The maximum Gasteiger partial charge on any atom is 0.308 e. The molecule has 1 amide bonds. The van der Waals surface area contributed by atoms with Gasteiger partial charge in [0, 0.05) is 19.8 Å². The third-order valence-electron chi connectivity index (χ3n) is 2.55. The highest BCUT2D eigenvalue weighted by molar-refractivity contribution is 5.96. The number of aliphatic carboxylic acids is 1. The van der Waals surface area contributed by atoms with E-state index in [1.807, 2.05) is 0 Å². The number of carboxylic acids is 1. The van der Waals surface area contributed by atoms with Gasteiger partial charge in [0.15, 0.2) is 0 Å². The molecule has 0 aliphatic heterocycles. The second-order valence-electron chi connectivity index (χ2n) is 4.00. The SMILES string of the molecule is COc1cnccc1C(=O)N(C)CC(C)C(=O)O. The van der Waals surface area contributed by atoms with Crippen molar-refractivity contribution in [3.63, 3.8) is 0 Å². The average Bonchev–Trinajstić information content (AvgIpc) is 2.37. The van der Waals surface area contributed by atoms with Crippen LogP contribution in [0.5, 0.6) is 5.75 Å². The van der Waals surface area contributed by atoms with E-state index in [4.69, 9.17) is 9.84 Å². The van der Waals surface area contributed by atoms with Crippen molar-refractivity contribution in [3.05, 3.63) is 24.0 Å². The Kier molecular flexibility index (Phi) is 4.65. The number of hydrogen-bond donors (Lipinski definition) is 1. The summed E-state index contributed by atoms with van der Waals surface area (Å²) in [5, 5.41) is 8.81. The van der Waals surface area contributed by atoms with E-state index < -0.39 is 11.9 Å². The third kappa shape index (κ3) is 3.19. The van der Waals surface area contributed by atoms with Crippen molar-refractivity contribution in [1.29, 1.82) is 0 Å². The van der Waals surface area contributed by atoms with Gasteiger partial charge in [0.25, 0.3) is 5.91 Å². The molecule has 1 atom stereocenters. The maximum absolute atomic E-state index is 12.1. The molecule has 1 unspecified atom stereocenters. The van der Waals surface area contributed by atoms with Gasteiger partial charge in [0.1, 0.15) is 5.75 Å². The van der Waals surface area contributed by atoms with Crippen LogP contribution in [0.2, 0.25) is 0 Å². The number of carbonyl (C=O) groups is 2. The van der Waals surface area contributed by atoms with E-state index in [-0.39, 0.29) is 12.5 Å². The van der Waals surface area contributed by atoms with Crippen molar-refractivity contribution >= 4 is 11.9 Å². The number of hydrogen-bond acceptors (Lipinski definition) is 4. The third-order valence-corrected chi connectivity index (χ3v) is 2.55. The molecule has 18 heavy (non-hydrogen) atoms. The molecule has 0 saturated heterocycles. The summed E-state index contributed by atoms with van der Waals surface area (Å²) in [5.41, 5.74) is 0.368. The van der Waals surface area contributed by atoms with Crippen LogP contribution >= 0.6 is 0 Å². The van der Waals surface area contributed by atoms with Gasteiger partial charge in [-0.1, -0.05) is 6.92 Å². The normalized spacial score (nSPS) is 11.7. The van der Waals surface area contributed by atoms with E-state index in [9.17, 15) is 9.59 Å². The monoisotopic (exact) mass is 252 g/mol. The summed E-state index contributed by atoms with van der Waals surface area (Å²) in [4.78, 5) is 28.1. The molecule has 0 radical (unpaired) electrons. The molecule has 0 aliphatic rings. The van der Waals surface area contributed by atoms with Gasteiger partial charge in [-0.2, -0.15) is 0 Å². The Balaban J connectivity index is 2.83. The smallest absolute Gasteiger partial charge is 0.308 e. The number of ether oxygens (including phenoxy) is 1. The Morgan fingerprint density at radius 3 is 2.78 bits per heavy atom. The van der Waals surface area contributed by atoms with E-state index in [2.05, 4.69) is 4.98 Å². The van der Waals surface area contributed by atoms with Crippen molar-refractivity contribution in [2.45, 2.75) is 6.92 Å². The van der Waals surface area contributed by atoms with Crippen LogP contribution in [-0.4, -0.2) is 47.6 Å². The fraction of sp³-hybridized carbons (Fsp3) is 0.417. The Hall–Kier alpha value is -2.11. The summed E-state index contributed by atoms with van der Waals surface area (Å²) >= 11 is 0. The van der Waals surface area contributed by atoms with Crippen LogP contribution in [0.1, 0.15) is 17.3 Å². The molecule has 0 saturated carbocycles. The number of aromatic nitrogens is 1. The van der Waals surface area contributed by atoms with Crippen LogP contribution in [-0.2, 0) is 4.79 Å². The van der Waals surface area contributed by atoms with Gasteiger partial charge < -0.3 is 14.7 Å². The standard InChI is InChI=1S/C12H16N2O4/c1-8(12(16)17)7-14(2)11(15)9-4-5-13-6-10(9)18-3/h4-6,8H,7H2,1-3H3,(H,16,17). The van der Waals surface area contributed by atoms with Gasteiger partial charge in [0.05, 0.1) is 24.8 Å². The molecule has 1 N–H and O–H groups in total. The maximum atomic E-state index is 12.1. The molecule has 1 aromatic rings. The molecule has 0 fully saturated rings. The molecule has 1 aromatic heterocycles. The molecule has 1 rings (SSSR count). The number of nitrogens with zero attached hydrogens (tertiary/aromatic N) is 2. The van der Waals surface area contributed by atoms with Gasteiger partial charge >= 0.3 is 5.97 Å². The minimum Gasteiger partial charge on any atom is -0.494 e. The van der Waals surface area contributed by atoms with Gasteiger partial charge in [0.2, 0.25) is 0 Å². The molecule has 98 valence electrons. The lowest BCUT2D eigenvalue weighted by molar-refractivity contribution is -0.141. The molecular weight excluding hydrogens is 236 g/mol. The highest BCUT2D eigenvalue weighted by atomic mass is 16.5. The Labute approximate surface area is 105 Å². The first-order chi connectivity index (χ1) is 8.47. The van der Waals surface area contributed by atoms with Crippen molar-refractivity contribution in [2.75, 3.05) is 20.7 Å². The van der Waals surface area contributed by atoms with E-state index in [1.54, 1.807) is 20.0 Å². The summed E-state index contributed by atoms with van der Waals surface area (Å²) in [7, 11) is 3.01. The number of rotatable bonds is 5. The lowest BCUT2D eigenvalue weighted by Crippen LogP contribution is -2.33. The Bertz CT molecular complexity index is 447. The first-order valence-corrected chi connectivity index (χ1v) is 5.43. The molecule has 1 heterocycles. The zero-order valence-electron chi connectivity index (χ0n) is 10.6. The lowest BCUT2D eigenvalue weighted by atomic mass is 10.1. The number of carboxylic acid groups (broad SMARTS) is 1. The van der Waals surface area contributed by atoms with Gasteiger partial charge in [-0.3, -0.25) is 14.6 Å². The van der Waals surface area contributed by atoms with Crippen LogP contribution < -0.4 is 4.74 Å².